The monoisotopic (exact) mass is 275 g/mol. The lowest BCUT2D eigenvalue weighted by molar-refractivity contribution is 0.0767. The minimum atomic E-state index is 0.00787. The molecule has 0 radical (unpaired) electrons. The smallest absolute Gasteiger partial charge is 0.272 e. The molecule has 0 aromatic carbocycles. The number of nitrogens with one attached hydrogen (secondary N) is 1. The molecule has 1 saturated carbocycles. The summed E-state index contributed by atoms with van der Waals surface area (Å²) in [4.78, 5) is 18.3. The maximum atomic E-state index is 12.3. The minimum Gasteiger partial charge on any atom is -0.382 e. The summed E-state index contributed by atoms with van der Waals surface area (Å²) in [6.07, 6.45) is 5.66. The number of rotatable bonds is 7. The Morgan fingerprint density at radius 1 is 1.45 bits per heavy atom. The zero-order valence-electron chi connectivity index (χ0n) is 12.7. The van der Waals surface area contributed by atoms with Crippen molar-refractivity contribution in [3.8, 4) is 0 Å². The van der Waals surface area contributed by atoms with Crippen LogP contribution in [-0.2, 0) is 0 Å². The van der Waals surface area contributed by atoms with Crippen molar-refractivity contribution < 1.29 is 4.79 Å². The van der Waals surface area contributed by atoms with E-state index in [1.165, 1.54) is 19.3 Å². The molecule has 1 fully saturated rings. The van der Waals surface area contributed by atoms with Gasteiger partial charge in [-0.15, -0.1) is 0 Å². The molecule has 1 unspecified atom stereocenters. The van der Waals surface area contributed by atoms with Crippen LogP contribution in [0, 0.1) is 5.92 Å². The highest BCUT2D eigenvalue weighted by Gasteiger charge is 2.23. The molecule has 1 atom stereocenters. The Morgan fingerprint density at radius 3 is 2.75 bits per heavy atom. The molecular weight excluding hydrogens is 250 g/mol. The predicted molar refractivity (Wildman–Crippen MR) is 81.9 cm³/mol. The van der Waals surface area contributed by atoms with Crippen LogP contribution in [0.3, 0.4) is 0 Å². The van der Waals surface area contributed by atoms with E-state index in [1.54, 1.807) is 11.1 Å². The first-order valence-corrected chi connectivity index (χ1v) is 7.65. The van der Waals surface area contributed by atoms with Gasteiger partial charge in [0.05, 0.1) is 0 Å². The number of nitrogens with zero attached hydrogens (tertiary/aromatic N) is 2. The fourth-order valence-electron chi connectivity index (χ4n) is 2.51. The molecule has 0 spiro atoms. The molecule has 1 aromatic heterocycles. The van der Waals surface area contributed by atoms with E-state index in [9.17, 15) is 4.79 Å². The number of hydrogen-bond acceptors (Lipinski definition) is 3. The van der Waals surface area contributed by atoms with Gasteiger partial charge in [-0.25, -0.2) is 0 Å². The van der Waals surface area contributed by atoms with Gasteiger partial charge in [-0.1, -0.05) is 12.8 Å². The lowest BCUT2D eigenvalue weighted by Gasteiger charge is -2.19. The van der Waals surface area contributed by atoms with Gasteiger partial charge in [0, 0.05) is 31.0 Å². The van der Waals surface area contributed by atoms with Gasteiger partial charge in [0.15, 0.2) is 0 Å². The highest BCUT2D eigenvalue weighted by atomic mass is 16.2. The number of carbonyl (C=O) groups is 1. The number of anilines is 1. The molecular formula is C16H25N3O. The van der Waals surface area contributed by atoms with Crippen LogP contribution >= 0.6 is 0 Å². The minimum absolute atomic E-state index is 0.00787. The molecule has 1 aliphatic carbocycles. The molecule has 0 bridgehead atoms. The summed E-state index contributed by atoms with van der Waals surface area (Å²) < 4.78 is 0. The van der Waals surface area contributed by atoms with E-state index in [0.717, 1.165) is 11.6 Å². The molecule has 4 nitrogen and oxygen atoms in total. The normalized spacial score (nSPS) is 15.8. The summed E-state index contributed by atoms with van der Waals surface area (Å²) in [5.41, 5.74) is 1.51. The first kappa shape index (κ1) is 14.8. The van der Waals surface area contributed by atoms with Gasteiger partial charge in [0.1, 0.15) is 5.69 Å². The van der Waals surface area contributed by atoms with Crippen LogP contribution in [0.5, 0.6) is 0 Å². The van der Waals surface area contributed by atoms with Crippen molar-refractivity contribution in [2.24, 2.45) is 5.92 Å². The van der Waals surface area contributed by atoms with Gasteiger partial charge in [0.2, 0.25) is 0 Å². The first-order valence-electron chi connectivity index (χ1n) is 7.65. The van der Waals surface area contributed by atoms with Crippen LogP contribution in [0.15, 0.2) is 18.3 Å². The zero-order chi connectivity index (χ0) is 14.5. The standard InChI is InChI=1S/C16H25N3O/c1-4-19(5-2)16(20)15-11-14(8-9-17-15)18-12(3)10-13-6-7-13/h8-9,11-13H,4-7,10H2,1-3H3,(H,17,18). The van der Waals surface area contributed by atoms with E-state index in [1.807, 2.05) is 26.0 Å². The number of pyridine rings is 1. The molecule has 20 heavy (non-hydrogen) atoms. The lowest BCUT2D eigenvalue weighted by Crippen LogP contribution is -2.31. The van der Waals surface area contributed by atoms with Crippen molar-refractivity contribution in [2.75, 3.05) is 18.4 Å². The quantitative estimate of drug-likeness (QED) is 0.831. The maximum Gasteiger partial charge on any atom is 0.272 e. The van der Waals surface area contributed by atoms with Gasteiger partial charge in [-0.3, -0.25) is 9.78 Å². The van der Waals surface area contributed by atoms with Crippen LogP contribution < -0.4 is 5.32 Å². The molecule has 1 amide bonds. The Balaban J connectivity index is 2.00. The van der Waals surface area contributed by atoms with E-state index in [-0.39, 0.29) is 5.91 Å². The van der Waals surface area contributed by atoms with Gasteiger partial charge >= 0.3 is 0 Å². The second-order valence-corrected chi connectivity index (χ2v) is 5.63. The summed E-state index contributed by atoms with van der Waals surface area (Å²) in [5, 5.41) is 3.47. The first-order chi connectivity index (χ1) is 9.63. The molecule has 4 heteroatoms. The van der Waals surface area contributed by atoms with Crippen LogP contribution in [0.1, 0.15) is 50.5 Å². The Hall–Kier alpha value is -1.58. The number of amides is 1. The average molecular weight is 275 g/mol. The molecule has 0 aliphatic heterocycles. The van der Waals surface area contributed by atoms with Crippen LogP contribution in [-0.4, -0.2) is 34.9 Å². The summed E-state index contributed by atoms with van der Waals surface area (Å²) in [6, 6.07) is 4.24. The van der Waals surface area contributed by atoms with Crippen molar-refractivity contribution in [1.29, 1.82) is 0 Å². The number of carbonyl (C=O) groups excluding carboxylic acids is 1. The fraction of sp³-hybridized carbons (Fsp3) is 0.625. The van der Waals surface area contributed by atoms with Gasteiger partial charge in [0.25, 0.3) is 5.91 Å². The Kier molecular flexibility index (Phi) is 4.99. The lowest BCUT2D eigenvalue weighted by atomic mass is 10.1. The topological polar surface area (TPSA) is 45.2 Å². The Bertz CT molecular complexity index is 453. The molecule has 1 heterocycles. The summed E-state index contributed by atoms with van der Waals surface area (Å²) in [5.74, 6) is 0.907. The SMILES string of the molecule is CCN(CC)C(=O)c1cc(NC(C)CC2CC2)ccn1. The van der Waals surface area contributed by atoms with Crippen molar-refractivity contribution in [2.45, 2.75) is 46.1 Å². The molecule has 110 valence electrons. The predicted octanol–water partition coefficient (Wildman–Crippen LogP) is 3.16. The average Bonchev–Trinajstić information content (AvgIpc) is 3.24. The van der Waals surface area contributed by atoms with Crippen LogP contribution in [0.25, 0.3) is 0 Å². The third-order valence-corrected chi connectivity index (χ3v) is 3.83. The second kappa shape index (κ2) is 6.73. The summed E-state index contributed by atoms with van der Waals surface area (Å²) in [7, 11) is 0. The largest absolute Gasteiger partial charge is 0.382 e. The second-order valence-electron chi connectivity index (χ2n) is 5.63. The van der Waals surface area contributed by atoms with Crippen molar-refractivity contribution in [3.05, 3.63) is 24.0 Å². The third-order valence-electron chi connectivity index (χ3n) is 3.83. The number of aromatic nitrogens is 1. The van der Waals surface area contributed by atoms with E-state index in [0.29, 0.717) is 24.8 Å². The van der Waals surface area contributed by atoms with Crippen molar-refractivity contribution in [1.82, 2.24) is 9.88 Å². The van der Waals surface area contributed by atoms with E-state index in [2.05, 4.69) is 17.2 Å². The molecule has 2 rings (SSSR count). The Morgan fingerprint density at radius 2 is 2.15 bits per heavy atom. The van der Waals surface area contributed by atoms with Gasteiger partial charge in [-0.2, -0.15) is 0 Å². The summed E-state index contributed by atoms with van der Waals surface area (Å²) in [6.45, 7) is 7.60. The van der Waals surface area contributed by atoms with Crippen molar-refractivity contribution in [3.63, 3.8) is 0 Å². The van der Waals surface area contributed by atoms with Gasteiger partial charge in [-0.05, 0) is 45.2 Å². The van der Waals surface area contributed by atoms with Crippen LogP contribution in [0.2, 0.25) is 0 Å². The summed E-state index contributed by atoms with van der Waals surface area (Å²) >= 11 is 0. The molecule has 0 saturated heterocycles. The fourth-order valence-corrected chi connectivity index (χ4v) is 2.51. The number of hydrogen-bond donors (Lipinski definition) is 1. The van der Waals surface area contributed by atoms with Gasteiger partial charge < -0.3 is 10.2 Å². The van der Waals surface area contributed by atoms with E-state index < -0.39 is 0 Å². The third kappa shape index (κ3) is 3.95. The van der Waals surface area contributed by atoms with E-state index in [4.69, 9.17) is 0 Å². The molecule has 1 aliphatic rings. The highest BCUT2D eigenvalue weighted by molar-refractivity contribution is 5.93. The molecule has 1 N–H and O–H groups in total. The maximum absolute atomic E-state index is 12.3. The highest BCUT2D eigenvalue weighted by Crippen LogP contribution is 2.34. The van der Waals surface area contributed by atoms with Crippen LogP contribution in [0.4, 0.5) is 5.69 Å². The van der Waals surface area contributed by atoms with Crippen molar-refractivity contribution >= 4 is 11.6 Å². The zero-order valence-corrected chi connectivity index (χ0v) is 12.7. The van der Waals surface area contributed by atoms with E-state index >= 15 is 0 Å². The Labute approximate surface area is 121 Å². The molecule has 1 aromatic rings.